The van der Waals surface area contributed by atoms with Crippen LogP contribution in [0.15, 0.2) is 53.0 Å². The van der Waals surface area contributed by atoms with E-state index in [1.165, 1.54) is 23.2 Å². The number of rotatable bonds is 3. The summed E-state index contributed by atoms with van der Waals surface area (Å²) in [7, 11) is 0. The molecule has 0 saturated carbocycles. The number of anilines is 1. The maximum absolute atomic E-state index is 5.89. The number of benzene rings is 2. The van der Waals surface area contributed by atoms with E-state index in [0.717, 1.165) is 17.6 Å². The molecule has 0 radical (unpaired) electrons. The molecule has 1 atom stereocenters. The van der Waals surface area contributed by atoms with Crippen molar-refractivity contribution in [2.75, 3.05) is 18.0 Å². The molecule has 3 heteroatoms. The highest BCUT2D eigenvalue weighted by atomic mass is 79.9. The summed E-state index contributed by atoms with van der Waals surface area (Å²) in [4.78, 5) is 2.46. The fourth-order valence-corrected chi connectivity index (χ4v) is 3.41. The van der Waals surface area contributed by atoms with Crippen molar-refractivity contribution in [2.24, 2.45) is 5.73 Å². The second kappa shape index (κ2) is 5.98. The van der Waals surface area contributed by atoms with Gasteiger partial charge in [0.1, 0.15) is 0 Å². The van der Waals surface area contributed by atoms with Gasteiger partial charge in [-0.15, -0.1) is 0 Å². The fraction of sp³-hybridized carbons (Fsp3) is 0.294. The van der Waals surface area contributed by atoms with Gasteiger partial charge >= 0.3 is 0 Å². The van der Waals surface area contributed by atoms with Crippen molar-refractivity contribution in [1.82, 2.24) is 0 Å². The third kappa shape index (κ3) is 2.74. The highest BCUT2D eigenvalue weighted by Crippen LogP contribution is 2.33. The standard InChI is InChI=1S/C17H19BrN2/c18-16-6-7-17(15(10-16)11-19)20-9-8-14(12-20)13-4-2-1-3-5-13/h1-7,10,14H,8-9,11-12,19H2. The van der Waals surface area contributed by atoms with Gasteiger partial charge in [-0.3, -0.25) is 0 Å². The van der Waals surface area contributed by atoms with Crippen LogP contribution in [-0.4, -0.2) is 13.1 Å². The lowest BCUT2D eigenvalue weighted by atomic mass is 9.99. The van der Waals surface area contributed by atoms with Gasteiger partial charge in [0, 0.05) is 35.7 Å². The maximum Gasteiger partial charge on any atom is 0.0412 e. The normalized spacial score (nSPS) is 18.5. The predicted octanol–water partition coefficient (Wildman–Crippen LogP) is 3.90. The molecule has 0 bridgehead atoms. The molecule has 1 aliphatic rings. The van der Waals surface area contributed by atoms with Crippen LogP contribution in [0.1, 0.15) is 23.5 Å². The number of nitrogens with zero attached hydrogens (tertiary/aromatic N) is 1. The van der Waals surface area contributed by atoms with Crippen molar-refractivity contribution < 1.29 is 0 Å². The first-order chi connectivity index (χ1) is 9.78. The van der Waals surface area contributed by atoms with Crippen molar-refractivity contribution in [3.8, 4) is 0 Å². The van der Waals surface area contributed by atoms with E-state index in [0.29, 0.717) is 12.5 Å². The third-order valence-electron chi connectivity index (χ3n) is 4.06. The lowest BCUT2D eigenvalue weighted by molar-refractivity contribution is 0.775. The molecule has 0 aliphatic carbocycles. The van der Waals surface area contributed by atoms with E-state index in [4.69, 9.17) is 5.73 Å². The second-order valence-electron chi connectivity index (χ2n) is 5.32. The van der Waals surface area contributed by atoms with Crippen LogP contribution in [0.4, 0.5) is 5.69 Å². The van der Waals surface area contributed by atoms with Gasteiger partial charge < -0.3 is 10.6 Å². The monoisotopic (exact) mass is 330 g/mol. The van der Waals surface area contributed by atoms with Crippen LogP contribution in [0.5, 0.6) is 0 Å². The van der Waals surface area contributed by atoms with E-state index < -0.39 is 0 Å². The largest absolute Gasteiger partial charge is 0.371 e. The molecule has 1 heterocycles. The Kier molecular flexibility index (Phi) is 4.08. The van der Waals surface area contributed by atoms with Crippen molar-refractivity contribution >= 4 is 21.6 Å². The topological polar surface area (TPSA) is 29.3 Å². The molecule has 104 valence electrons. The highest BCUT2D eigenvalue weighted by molar-refractivity contribution is 9.10. The van der Waals surface area contributed by atoms with Crippen LogP contribution in [-0.2, 0) is 6.54 Å². The zero-order chi connectivity index (χ0) is 13.9. The molecule has 0 aromatic heterocycles. The van der Waals surface area contributed by atoms with E-state index in [2.05, 4.69) is 69.4 Å². The zero-order valence-corrected chi connectivity index (χ0v) is 13.0. The Bertz CT molecular complexity index is 583. The van der Waals surface area contributed by atoms with Crippen LogP contribution in [0.2, 0.25) is 0 Å². The van der Waals surface area contributed by atoms with Crippen LogP contribution in [0, 0.1) is 0 Å². The second-order valence-corrected chi connectivity index (χ2v) is 6.24. The summed E-state index contributed by atoms with van der Waals surface area (Å²) in [6.45, 7) is 2.77. The molecule has 0 amide bonds. The van der Waals surface area contributed by atoms with Gasteiger partial charge in [0.2, 0.25) is 0 Å². The predicted molar refractivity (Wildman–Crippen MR) is 88.0 cm³/mol. The van der Waals surface area contributed by atoms with Crippen LogP contribution < -0.4 is 10.6 Å². The van der Waals surface area contributed by atoms with Gasteiger partial charge in [-0.25, -0.2) is 0 Å². The lowest BCUT2D eigenvalue weighted by Gasteiger charge is -2.22. The Morgan fingerprint density at radius 2 is 1.95 bits per heavy atom. The Morgan fingerprint density at radius 1 is 1.15 bits per heavy atom. The molecule has 1 aliphatic heterocycles. The molecule has 2 aromatic carbocycles. The van der Waals surface area contributed by atoms with E-state index in [-0.39, 0.29) is 0 Å². The van der Waals surface area contributed by atoms with Crippen molar-refractivity contribution in [3.63, 3.8) is 0 Å². The van der Waals surface area contributed by atoms with Crippen LogP contribution in [0.3, 0.4) is 0 Å². The molecular formula is C17H19BrN2. The minimum atomic E-state index is 0.585. The highest BCUT2D eigenvalue weighted by Gasteiger charge is 2.25. The van der Waals surface area contributed by atoms with Gasteiger partial charge in [0.25, 0.3) is 0 Å². The van der Waals surface area contributed by atoms with Gasteiger partial charge in [0.05, 0.1) is 0 Å². The summed E-state index contributed by atoms with van der Waals surface area (Å²) in [6, 6.07) is 17.2. The molecule has 2 nitrogen and oxygen atoms in total. The average Bonchev–Trinajstić information content (AvgIpc) is 2.97. The Morgan fingerprint density at radius 3 is 2.70 bits per heavy atom. The minimum absolute atomic E-state index is 0.585. The quantitative estimate of drug-likeness (QED) is 0.924. The number of hydrogen-bond donors (Lipinski definition) is 1. The van der Waals surface area contributed by atoms with Crippen molar-refractivity contribution in [2.45, 2.75) is 18.9 Å². The van der Waals surface area contributed by atoms with E-state index in [1.807, 2.05) is 0 Å². The van der Waals surface area contributed by atoms with Gasteiger partial charge in [-0.2, -0.15) is 0 Å². The average molecular weight is 331 g/mol. The molecule has 3 rings (SSSR count). The Hall–Kier alpha value is -1.32. The first kappa shape index (κ1) is 13.7. The van der Waals surface area contributed by atoms with E-state index in [9.17, 15) is 0 Å². The number of hydrogen-bond acceptors (Lipinski definition) is 2. The summed E-state index contributed by atoms with van der Waals surface area (Å²) >= 11 is 3.52. The van der Waals surface area contributed by atoms with E-state index in [1.54, 1.807) is 0 Å². The molecule has 2 N–H and O–H groups in total. The SMILES string of the molecule is NCc1cc(Br)ccc1N1CCC(c2ccccc2)C1. The van der Waals surface area contributed by atoms with Crippen molar-refractivity contribution in [3.05, 3.63) is 64.1 Å². The summed E-state index contributed by atoms with van der Waals surface area (Å²) < 4.78 is 1.10. The van der Waals surface area contributed by atoms with Crippen molar-refractivity contribution in [1.29, 1.82) is 0 Å². The fourth-order valence-electron chi connectivity index (χ4n) is 3.00. The van der Waals surface area contributed by atoms with Gasteiger partial charge in [0.15, 0.2) is 0 Å². The smallest absolute Gasteiger partial charge is 0.0412 e. The maximum atomic E-state index is 5.89. The summed E-state index contributed by atoms with van der Waals surface area (Å²) in [5, 5.41) is 0. The summed E-state index contributed by atoms with van der Waals surface area (Å²) in [6.07, 6.45) is 1.21. The molecule has 1 saturated heterocycles. The molecular weight excluding hydrogens is 312 g/mol. The number of nitrogens with two attached hydrogens (primary N) is 1. The zero-order valence-electron chi connectivity index (χ0n) is 11.4. The van der Waals surface area contributed by atoms with Crippen LogP contribution in [0.25, 0.3) is 0 Å². The molecule has 20 heavy (non-hydrogen) atoms. The summed E-state index contributed by atoms with van der Waals surface area (Å²) in [5.41, 5.74) is 9.83. The van der Waals surface area contributed by atoms with Crippen LogP contribution >= 0.6 is 15.9 Å². The molecule has 1 fully saturated rings. The van der Waals surface area contributed by atoms with E-state index >= 15 is 0 Å². The first-order valence-electron chi connectivity index (χ1n) is 7.06. The third-order valence-corrected chi connectivity index (χ3v) is 4.55. The molecule has 2 aromatic rings. The molecule has 0 spiro atoms. The summed E-state index contributed by atoms with van der Waals surface area (Å²) in [5.74, 6) is 0.630. The van der Waals surface area contributed by atoms with Gasteiger partial charge in [-0.1, -0.05) is 46.3 Å². The number of halogens is 1. The van der Waals surface area contributed by atoms with Gasteiger partial charge in [-0.05, 0) is 35.7 Å². The minimum Gasteiger partial charge on any atom is -0.371 e. The molecule has 1 unspecified atom stereocenters. The Labute approximate surface area is 128 Å². The lowest BCUT2D eigenvalue weighted by Crippen LogP contribution is -2.21. The first-order valence-corrected chi connectivity index (χ1v) is 7.85. The Balaban J connectivity index is 1.81.